The maximum absolute atomic E-state index is 13.1. The first-order chi connectivity index (χ1) is 12.5. The average molecular weight is 358 g/mol. The molecule has 2 aliphatic rings. The highest BCUT2D eigenvalue weighted by Gasteiger charge is 2.44. The first-order valence-electron chi connectivity index (χ1n) is 9.19. The number of benzene rings is 1. The largest absolute Gasteiger partial charge is 0.351 e. The lowest BCUT2D eigenvalue weighted by molar-refractivity contribution is -0.150. The third-order valence-electron chi connectivity index (χ3n) is 4.80. The summed E-state index contributed by atoms with van der Waals surface area (Å²) in [6, 6.07) is 7.29. The number of amides is 3. The van der Waals surface area contributed by atoms with E-state index < -0.39 is 6.17 Å². The molecule has 1 aromatic rings. The van der Waals surface area contributed by atoms with Crippen LogP contribution in [0.3, 0.4) is 0 Å². The molecule has 1 unspecified atom stereocenters. The normalized spacial score (nSPS) is 20.0. The lowest BCUT2D eigenvalue weighted by atomic mass is 10.1. The molecule has 1 aromatic carbocycles. The van der Waals surface area contributed by atoms with Crippen LogP contribution in [-0.2, 0) is 9.59 Å². The topological polar surface area (TPSA) is 95.7 Å². The number of hydrogen-bond donors (Lipinski definition) is 2. The van der Waals surface area contributed by atoms with Crippen LogP contribution in [0.1, 0.15) is 35.2 Å². The summed E-state index contributed by atoms with van der Waals surface area (Å²) in [5.41, 5.74) is 6.99. The molecule has 1 saturated heterocycles. The van der Waals surface area contributed by atoms with E-state index in [4.69, 9.17) is 5.73 Å². The van der Waals surface area contributed by atoms with Crippen LogP contribution in [0.2, 0.25) is 0 Å². The zero-order valence-electron chi connectivity index (χ0n) is 15.1. The van der Waals surface area contributed by atoms with E-state index in [9.17, 15) is 14.4 Å². The molecule has 1 heterocycles. The van der Waals surface area contributed by atoms with Crippen LogP contribution < -0.4 is 11.1 Å². The molecule has 0 aromatic heterocycles. The number of nitrogens with zero attached hydrogens (tertiary/aromatic N) is 2. The summed E-state index contributed by atoms with van der Waals surface area (Å²) < 4.78 is 0. The maximum atomic E-state index is 13.1. The predicted molar refractivity (Wildman–Crippen MR) is 97.1 cm³/mol. The highest BCUT2D eigenvalue weighted by atomic mass is 16.2. The van der Waals surface area contributed by atoms with Crippen molar-refractivity contribution in [1.29, 1.82) is 0 Å². The molecule has 2 fully saturated rings. The monoisotopic (exact) mass is 358 g/mol. The summed E-state index contributed by atoms with van der Waals surface area (Å²) >= 11 is 0. The molecule has 3 amide bonds. The number of carbonyl (C=O) groups is 3. The van der Waals surface area contributed by atoms with Crippen molar-refractivity contribution in [2.75, 3.05) is 26.2 Å². The maximum Gasteiger partial charge on any atom is 0.263 e. The lowest BCUT2D eigenvalue weighted by Gasteiger charge is -2.43. The first-order valence-corrected chi connectivity index (χ1v) is 9.19. The van der Waals surface area contributed by atoms with Gasteiger partial charge in [-0.3, -0.25) is 14.4 Å². The first kappa shape index (κ1) is 18.4. The molecule has 3 rings (SSSR count). The Morgan fingerprint density at radius 3 is 2.58 bits per heavy atom. The number of nitrogens with two attached hydrogens (primary N) is 1. The van der Waals surface area contributed by atoms with E-state index in [0.29, 0.717) is 38.2 Å². The van der Waals surface area contributed by atoms with Crippen molar-refractivity contribution in [1.82, 2.24) is 15.1 Å². The van der Waals surface area contributed by atoms with Gasteiger partial charge in [0.2, 0.25) is 5.91 Å². The Kier molecular flexibility index (Phi) is 5.56. The van der Waals surface area contributed by atoms with E-state index in [2.05, 4.69) is 5.32 Å². The lowest BCUT2D eigenvalue weighted by Crippen LogP contribution is -2.64. The van der Waals surface area contributed by atoms with E-state index >= 15 is 0 Å². The third-order valence-corrected chi connectivity index (χ3v) is 4.80. The molecule has 7 nitrogen and oxygen atoms in total. The Morgan fingerprint density at radius 2 is 1.92 bits per heavy atom. The fourth-order valence-electron chi connectivity index (χ4n) is 3.35. The van der Waals surface area contributed by atoms with Gasteiger partial charge in [0.1, 0.15) is 0 Å². The average Bonchev–Trinajstić information content (AvgIpc) is 3.49. The van der Waals surface area contributed by atoms with Crippen LogP contribution in [0.5, 0.6) is 0 Å². The standard InChI is InChI=1S/C19H26N4O3/c1-13-4-2-5-15(12-13)19(26)23-11-3-10-22(18(25)14-6-7-14)17(23)16(24)21-9-8-20/h2,4-5,12,14,17H,3,6-11,20H2,1H3,(H,21,24). The summed E-state index contributed by atoms with van der Waals surface area (Å²) in [6.07, 6.45) is 1.48. The Morgan fingerprint density at radius 1 is 1.19 bits per heavy atom. The third kappa shape index (κ3) is 3.88. The number of aryl methyl sites for hydroxylation is 1. The quantitative estimate of drug-likeness (QED) is 0.800. The van der Waals surface area contributed by atoms with Crippen LogP contribution in [0.25, 0.3) is 0 Å². The number of rotatable bonds is 5. The second kappa shape index (κ2) is 7.86. The molecule has 1 atom stereocenters. The van der Waals surface area contributed by atoms with Gasteiger partial charge in [0.25, 0.3) is 11.8 Å². The van der Waals surface area contributed by atoms with Gasteiger partial charge in [-0.05, 0) is 38.3 Å². The van der Waals surface area contributed by atoms with Crippen molar-refractivity contribution < 1.29 is 14.4 Å². The zero-order chi connectivity index (χ0) is 18.7. The second-order valence-electron chi connectivity index (χ2n) is 6.98. The summed E-state index contributed by atoms with van der Waals surface area (Å²) in [7, 11) is 0. The van der Waals surface area contributed by atoms with E-state index in [1.165, 1.54) is 4.90 Å². The SMILES string of the molecule is Cc1cccc(C(=O)N2CCCN(C(=O)C3CC3)C2C(=O)NCCN)c1. The molecular formula is C19H26N4O3. The number of carbonyl (C=O) groups excluding carboxylic acids is 3. The van der Waals surface area contributed by atoms with Crippen LogP contribution in [0.15, 0.2) is 24.3 Å². The van der Waals surface area contributed by atoms with E-state index in [1.807, 2.05) is 19.1 Å². The van der Waals surface area contributed by atoms with Crippen LogP contribution in [-0.4, -0.2) is 59.9 Å². The van der Waals surface area contributed by atoms with Crippen LogP contribution in [0, 0.1) is 12.8 Å². The minimum Gasteiger partial charge on any atom is -0.351 e. The van der Waals surface area contributed by atoms with E-state index in [-0.39, 0.29) is 23.6 Å². The van der Waals surface area contributed by atoms with Crippen molar-refractivity contribution in [2.24, 2.45) is 11.7 Å². The Hall–Kier alpha value is -2.41. The fourth-order valence-corrected chi connectivity index (χ4v) is 3.35. The van der Waals surface area contributed by atoms with Crippen LogP contribution >= 0.6 is 0 Å². The predicted octanol–water partition coefficient (Wildman–Crippen LogP) is 0.481. The number of hydrogen-bond acceptors (Lipinski definition) is 4. The Labute approximate surface area is 153 Å². The van der Waals surface area contributed by atoms with Crippen molar-refractivity contribution in [2.45, 2.75) is 32.4 Å². The molecular weight excluding hydrogens is 332 g/mol. The van der Waals surface area contributed by atoms with Gasteiger partial charge in [0.05, 0.1) is 0 Å². The summed E-state index contributed by atoms with van der Waals surface area (Å²) in [6.45, 7) is 3.48. The molecule has 1 aliphatic heterocycles. The van der Waals surface area contributed by atoms with Gasteiger partial charge in [-0.2, -0.15) is 0 Å². The minimum atomic E-state index is -0.906. The Balaban J connectivity index is 1.88. The van der Waals surface area contributed by atoms with Gasteiger partial charge in [-0.15, -0.1) is 0 Å². The van der Waals surface area contributed by atoms with Gasteiger partial charge in [-0.25, -0.2) is 0 Å². The van der Waals surface area contributed by atoms with Gasteiger partial charge < -0.3 is 20.9 Å². The van der Waals surface area contributed by atoms with Crippen LogP contribution in [0.4, 0.5) is 0 Å². The van der Waals surface area contributed by atoms with E-state index in [0.717, 1.165) is 18.4 Å². The van der Waals surface area contributed by atoms with Crippen molar-refractivity contribution in [3.8, 4) is 0 Å². The van der Waals surface area contributed by atoms with Crippen molar-refractivity contribution in [3.63, 3.8) is 0 Å². The van der Waals surface area contributed by atoms with Crippen molar-refractivity contribution >= 4 is 17.7 Å². The van der Waals surface area contributed by atoms with Gasteiger partial charge in [-0.1, -0.05) is 17.7 Å². The molecule has 26 heavy (non-hydrogen) atoms. The second-order valence-corrected chi connectivity index (χ2v) is 6.98. The fraction of sp³-hybridized carbons (Fsp3) is 0.526. The van der Waals surface area contributed by atoms with Crippen molar-refractivity contribution in [3.05, 3.63) is 35.4 Å². The molecule has 1 aliphatic carbocycles. The zero-order valence-corrected chi connectivity index (χ0v) is 15.1. The summed E-state index contributed by atoms with van der Waals surface area (Å²) in [5.74, 6) is -0.603. The molecule has 140 valence electrons. The Bertz CT molecular complexity index is 702. The smallest absolute Gasteiger partial charge is 0.263 e. The molecule has 0 bridgehead atoms. The highest BCUT2D eigenvalue weighted by Crippen LogP contribution is 2.33. The molecule has 1 saturated carbocycles. The molecule has 0 spiro atoms. The van der Waals surface area contributed by atoms with Gasteiger partial charge in [0.15, 0.2) is 6.17 Å². The minimum absolute atomic E-state index is 0.00571. The molecule has 7 heteroatoms. The summed E-state index contributed by atoms with van der Waals surface area (Å²) in [4.78, 5) is 41.6. The molecule has 0 radical (unpaired) electrons. The van der Waals surface area contributed by atoms with Gasteiger partial charge >= 0.3 is 0 Å². The van der Waals surface area contributed by atoms with E-state index in [1.54, 1.807) is 17.0 Å². The van der Waals surface area contributed by atoms with Gasteiger partial charge in [0, 0.05) is 37.7 Å². The molecule has 3 N–H and O–H groups in total. The highest BCUT2D eigenvalue weighted by molar-refractivity contribution is 5.99. The summed E-state index contributed by atoms with van der Waals surface area (Å²) in [5, 5.41) is 2.74. The number of nitrogens with one attached hydrogen (secondary N) is 1.